The van der Waals surface area contributed by atoms with Gasteiger partial charge in [-0.05, 0) is 269 Å². The minimum atomic E-state index is -0.616. The zero-order valence-electron chi connectivity index (χ0n) is 79.0. The first-order valence-corrected chi connectivity index (χ1v) is 45.4. The molecule has 0 amide bonds. The van der Waals surface area contributed by atoms with Gasteiger partial charge in [0.1, 0.15) is 5.39 Å². The van der Waals surface area contributed by atoms with Crippen LogP contribution in [-0.2, 0) is 37.2 Å². The third kappa shape index (κ3) is 16.1. The Morgan fingerprint density at radius 2 is 0.511 bits per heavy atom. The van der Waals surface area contributed by atoms with Crippen molar-refractivity contribution in [2.24, 2.45) is 0 Å². The molecular formula is C101H109B4Br3MgN10O12. The zero-order chi connectivity index (χ0) is 92.7. The number of aromatic amines is 8. The predicted octanol–water partition coefficient (Wildman–Crippen LogP) is 20.7. The Bertz CT molecular complexity index is 6960. The van der Waals surface area contributed by atoms with E-state index < -0.39 is 83.1 Å². The van der Waals surface area contributed by atoms with E-state index in [9.17, 15) is 20.2 Å². The van der Waals surface area contributed by atoms with Crippen LogP contribution in [0.1, 0.15) is 162 Å². The van der Waals surface area contributed by atoms with Crippen LogP contribution in [0.15, 0.2) is 161 Å². The van der Waals surface area contributed by atoms with Crippen molar-refractivity contribution in [2.75, 3.05) is 0 Å². The molecule has 4 saturated heterocycles. The van der Waals surface area contributed by atoms with Crippen LogP contribution in [0.25, 0.3) is 141 Å². The minimum absolute atomic E-state index is 0. The summed E-state index contributed by atoms with van der Waals surface area (Å²) in [6, 6.07) is 43.8. The molecule has 22 nitrogen and oxygen atoms in total. The third-order valence-corrected chi connectivity index (χ3v) is 30.5. The van der Waals surface area contributed by atoms with E-state index in [1.54, 1.807) is 19.1 Å². The van der Waals surface area contributed by atoms with Gasteiger partial charge < -0.3 is 101 Å². The van der Waals surface area contributed by atoms with Gasteiger partial charge in [0.2, 0.25) is 0 Å². The van der Waals surface area contributed by atoms with Crippen molar-refractivity contribution >= 4 is 258 Å². The monoisotopic (exact) mass is 1960 g/mol. The van der Waals surface area contributed by atoms with Gasteiger partial charge in [-0.1, -0.05) is 128 Å². The van der Waals surface area contributed by atoms with E-state index in [1.807, 2.05) is 0 Å². The molecule has 10 aromatic carbocycles. The standard InChI is InChI=1S/2C28H36B2N2O4.C16H12Br2N2.C16H14N2.C10H6N2O4.C3H5.BrH.Mg/c2*1-15-18-13-11-17-12-14-19-16(2)24(30-35-27(7,8)28(9,10)36-30)32-22(19)20(17)21(18)31-23(15)29-33-25(3,4)26(5,6)34-29;1-7-10-5-3-9-4-6-11-8(2)16(18)20-14(11)12(9)13(10)19-15(7)17;1-9-7-17-15-12(9)5-3-11-4-6-13-10(2)8-18-16(13)14(11)15;13-11(14)8-5-1-3-7-4-2-6-9(10(7)8)12(15)16;1-3-2;;/h2*11-14,31-32H,1-10H3;3-6,19-20H,1-2H3;3-8,17-18H,1-2H3;1-6H;1,3H,2H3;1H;/q;;;;;-1;;+2/p-1. The van der Waals surface area contributed by atoms with Gasteiger partial charge in [0.25, 0.3) is 11.4 Å². The Morgan fingerprint density at radius 1 is 0.313 bits per heavy atom. The number of non-ortho nitro benzene ring substituents is 2. The Labute approximate surface area is 806 Å². The molecule has 8 N–H and O–H groups in total. The molecule has 131 heavy (non-hydrogen) atoms. The molecule has 4 aliphatic heterocycles. The first-order valence-electron chi connectivity index (χ1n) is 43.8. The maximum absolute atomic E-state index is 10.8. The number of hydrogen-bond acceptors (Lipinski definition) is 12. The summed E-state index contributed by atoms with van der Waals surface area (Å²) in [7, 11) is -1.77. The smallest absolute Gasteiger partial charge is 1.00 e. The van der Waals surface area contributed by atoms with Crippen molar-refractivity contribution < 1.29 is 64.1 Å². The summed E-state index contributed by atoms with van der Waals surface area (Å²) >= 11 is 7.21. The summed E-state index contributed by atoms with van der Waals surface area (Å²) in [6.45, 7) is 57.0. The number of benzene rings is 10. The molecule has 18 aromatic rings. The van der Waals surface area contributed by atoms with Crippen molar-refractivity contribution in [2.45, 2.75) is 218 Å². The molecule has 0 atom stereocenters. The first-order chi connectivity index (χ1) is 60.6. The van der Waals surface area contributed by atoms with E-state index in [4.69, 9.17) is 43.8 Å². The van der Waals surface area contributed by atoms with Gasteiger partial charge in [-0.2, -0.15) is 0 Å². The topological polar surface area (TPSA) is 286 Å². The molecule has 0 unspecified atom stereocenters. The van der Waals surface area contributed by atoms with Gasteiger partial charge in [-0.25, -0.2) is 0 Å². The van der Waals surface area contributed by atoms with Crippen LogP contribution < -0.4 is 39.4 Å². The van der Waals surface area contributed by atoms with E-state index in [-0.39, 0.29) is 56.8 Å². The number of nitrogens with one attached hydrogen (secondary N) is 8. The SMILES string of the molecule is Cc1c(B2OC(C)(C)C(C)(C)O2)[nH]c2c1ccc1ccc3c(C)c(B4OC(C)(C)C(C)(C)O4)[nH]c3c12.Cc1c(B2OC(C)(C)C(C)(C)O2)[nH]c2c1ccc1ccc3c(C)c(B4OC(C)(C)C(C)(C)O4)[nH]c3c12.Cc1c(Br)[nH]c2c1ccc1ccc3c(C)c(Br)[nH]c3c12.Cc1c[nH]c2c1ccc1ccc3c(C)c[nH]c3c12.O=[N+]([O-])c1cccc2cccc([N+](=O)[O-])c12.[Br-].[CH-]=CC.[Mg+2]. The average Bonchev–Trinajstić information content (AvgIpc) is 1.54. The molecule has 8 aromatic heterocycles. The van der Waals surface area contributed by atoms with Crippen molar-refractivity contribution in [3.05, 3.63) is 232 Å². The second-order valence-corrected chi connectivity index (χ2v) is 40.5. The largest absolute Gasteiger partial charge is 2.00 e. The molecule has 30 heteroatoms. The normalized spacial score (nSPS) is 17.2. The molecule has 4 aliphatic rings. The number of fused-ring (bicyclic) bond motifs is 21. The number of halogens is 3. The Kier molecular flexibility index (Phi) is 25.3. The van der Waals surface area contributed by atoms with Gasteiger partial charge >= 0.3 is 51.5 Å². The second-order valence-electron chi connectivity index (χ2n) is 38.9. The van der Waals surface area contributed by atoms with Crippen molar-refractivity contribution in [1.29, 1.82) is 0 Å². The van der Waals surface area contributed by atoms with Crippen molar-refractivity contribution in [3.63, 3.8) is 0 Å². The summed E-state index contributed by atoms with van der Waals surface area (Å²) in [5.74, 6) is 0. The molecule has 0 radical (unpaired) electrons. The van der Waals surface area contributed by atoms with Crippen LogP contribution in [0, 0.1) is 82.2 Å². The number of aryl methyl sites for hydroxylation is 8. The van der Waals surface area contributed by atoms with Crippen LogP contribution in [0.4, 0.5) is 11.4 Å². The maximum atomic E-state index is 10.8. The number of aromatic nitrogens is 8. The molecule has 4 fully saturated rings. The van der Waals surface area contributed by atoms with Crippen molar-refractivity contribution in [1.82, 2.24) is 39.9 Å². The van der Waals surface area contributed by atoms with E-state index >= 15 is 0 Å². The Hall–Kier alpha value is -9.49. The average molecular weight is 1960 g/mol. The fourth-order valence-electron chi connectivity index (χ4n) is 18.3. The van der Waals surface area contributed by atoms with Gasteiger partial charge in [0.15, 0.2) is 0 Å². The predicted molar refractivity (Wildman–Crippen MR) is 544 cm³/mol. The van der Waals surface area contributed by atoms with E-state index in [2.05, 4.69) is 347 Å². The number of allylic oxidation sites excluding steroid dienone is 1. The molecule has 670 valence electrons. The summed E-state index contributed by atoms with van der Waals surface area (Å²) in [5.41, 5.74) is 19.1. The number of nitrogens with zero attached hydrogens (tertiary/aromatic N) is 2. The summed E-state index contributed by atoms with van der Waals surface area (Å²) in [4.78, 5) is 48.9. The fourth-order valence-corrected chi connectivity index (χ4v) is 19.2. The van der Waals surface area contributed by atoms with Crippen LogP contribution in [-0.4, -0.2) is 146 Å². The Morgan fingerprint density at radius 3 is 0.740 bits per heavy atom. The molecule has 0 bridgehead atoms. The van der Waals surface area contributed by atoms with Gasteiger partial charge in [0, 0.05) is 112 Å². The van der Waals surface area contributed by atoms with Gasteiger partial charge in [-0.3, -0.25) is 26.3 Å². The molecular weight excluding hydrogens is 1850 g/mol. The number of H-pyrrole nitrogens is 8. The van der Waals surface area contributed by atoms with Crippen LogP contribution >= 0.6 is 31.9 Å². The number of hydrogen-bond donors (Lipinski definition) is 8. The molecule has 0 spiro atoms. The second kappa shape index (κ2) is 34.5. The summed E-state index contributed by atoms with van der Waals surface area (Å²) in [5, 5.41) is 41.6. The maximum Gasteiger partial charge on any atom is 2.00 e. The zero-order valence-corrected chi connectivity index (χ0v) is 85.1. The van der Waals surface area contributed by atoms with Gasteiger partial charge in [0.05, 0.1) is 108 Å². The first kappa shape index (κ1) is 96.1. The summed E-state index contributed by atoms with van der Waals surface area (Å²) < 4.78 is 53.3. The number of nitro benzene ring substituents is 2. The van der Waals surface area contributed by atoms with E-state index in [0.717, 1.165) is 86.7 Å². The van der Waals surface area contributed by atoms with E-state index in [1.165, 1.54) is 150 Å². The van der Waals surface area contributed by atoms with Crippen LogP contribution in [0.5, 0.6) is 0 Å². The Balaban J connectivity index is 0.000000129. The van der Waals surface area contributed by atoms with Crippen LogP contribution in [0.2, 0.25) is 0 Å². The fraction of sp³-hybridized carbons (Fsp3) is 0.327. The molecule has 0 aliphatic carbocycles. The van der Waals surface area contributed by atoms with Gasteiger partial charge in [-0.15, -0.1) is 0 Å². The number of rotatable bonds is 6. The van der Waals surface area contributed by atoms with E-state index in [0.29, 0.717) is 5.39 Å². The van der Waals surface area contributed by atoms with Crippen LogP contribution in [0.3, 0.4) is 0 Å². The molecule has 12 heterocycles. The van der Waals surface area contributed by atoms with Crippen molar-refractivity contribution in [3.8, 4) is 0 Å². The minimum Gasteiger partial charge on any atom is -1.00 e. The number of nitro groups is 2. The third-order valence-electron chi connectivity index (χ3n) is 28.9. The summed E-state index contributed by atoms with van der Waals surface area (Å²) in [6.07, 6.45) is 5.66. The molecule has 22 rings (SSSR count). The molecule has 0 saturated carbocycles. The quantitative estimate of drug-likeness (QED) is 0.0334.